The summed E-state index contributed by atoms with van der Waals surface area (Å²) in [6.07, 6.45) is 0. The van der Waals surface area contributed by atoms with Crippen molar-refractivity contribution in [1.82, 2.24) is 4.90 Å². The Bertz CT molecular complexity index is 1090. The number of nitrogens with zero attached hydrogens (tertiary/aromatic N) is 2. The number of nitrogens with one attached hydrogen (secondary N) is 1. The molecule has 0 atom stereocenters. The number of sulfonamides is 1. The number of benzene rings is 3. The maximum absolute atomic E-state index is 12.9. The minimum Gasteiger partial charge on any atom is -0.368 e. The summed E-state index contributed by atoms with van der Waals surface area (Å²) >= 11 is 0. The van der Waals surface area contributed by atoms with Crippen LogP contribution in [0.2, 0.25) is 0 Å². The molecule has 1 aliphatic rings. The van der Waals surface area contributed by atoms with E-state index in [1.165, 1.54) is 0 Å². The van der Waals surface area contributed by atoms with E-state index in [-0.39, 0.29) is 17.3 Å². The fourth-order valence-corrected chi connectivity index (χ4v) is 4.70. The van der Waals surface area contributed by atoms with Gasteiger partial charge in [0.05, 0.1) is 10.6 Å². The van der Waals surface area contributed by atoms with Gasteiger partial charge < -0.3 is 9.80 Å². The molecule has 1 saturated heterocycles. The molecule has 0 spiro atoms. The van der Waals surface area contributed by atoms with Crippen molar-refractivity contribution in [3.05, 3.63) is 66.2 Å². The van der Waals surface area contributed by atoms with Crippen molar-refractivity contribution in [2.45, 2.75) is 11.8 Å². The van der Waals surface area contributed by atoms with E-state index in [4.69, 9.17) is 0 Å². The maximum Gasteiger partial charge on any atom is 0.261 e. The Morgan fingerprint density at radius 3 is 2.10 bits per heavy atom. The van der Waals surface area contributed by atoms with Crippen molar-refractivity contribution < 1.29 is 8.42 Å². The van der Waals surface area contributed by atoms with Gasteiger partial charge in [0.1, 0.15) is 0 Å². The number of piperazine rings is 1. The highest BCUT2D eigenvalue weighted by atomic mass is 35.5. The molecule has 154 valence electrons. The molecule has 0 bridgehead atoms. The summed E-state index contributed by atoms with van der Waals surface area (Å²) in [6.45, 7) is 5.92. The predicted molar refractivity (Wildman–Crippen MR) is 123 cm³/mol. The lowest BCUT2D eigenvalue weighted by molar-refractivity contribution is 0.313. The summed E-state index contributed by atoms with van der Waals surface area (Å²) in [6, 6.07) is 18.8. The summed E-state index contributed by atoms with van der Waals surface area (Å²) in [5.41, 5.74) is 2.79. The normalized spacial score (nSPS) is 15.2. The zero-order valence-corrected chi connectivity index (χ0v) is 18.3. The van der Waals surface area contributed by atoms with E-state index in [9.17, 15) is 8.42 Å². The van der Waals surface area contributed by atoms with Crippen LogP contribution in [-0.4, -0.2) is 46.5 Å². The fraction of sp³-hybridized carbons (Fsp3) is 0.273. The zero-order chi connectivity index (χ0) is 19.7. The molecule has 7 heteroatoms. The number of anilines is 2. The maximum atomic E-state index is 12.9. The van der Waals surface area contributed by atoms with Gasteiger partial charge in [0.15, 0.2) is 0 Å². The average molecular weight is 432 g/mol. The molecule has 1 fully saturated rings. The molecule has 0 unspecified atom stereocenters. The molecule has 1 aliphatic heterocycles. The highest BCUT2D eigenvalue weighted by Gasteiger charge is 2.19. The first-order valence-corrected chi connectivity index (χ1v) is 11.0. The van der Waals surface area contributed by atoms with Crippen LogP contribution in [0, 0.1) is 6.92 Å². The third kappa shape index (κ3) is 4.50. The molecule has 0 amide bonds. The van der Waals surface area contributed by atoms with Crippen LogP contribution in [0.5, 0.6) is 0 Å². The SMILES string of the molecule is Cc1ccc(S(=O)(=O)Nc2ccc(N3CCN(C)CC3)c3ccccc23)cc1.Cl. The fourth-order valence-electron chi connectivity index (χ4n) is 3.62. The topological polar surface area (TPSA) is 52.7 Å². The van der Waals surface area contributed by atoms with Gasteiger partial charge >= 0.3 is 0 Å². The second-order valence-electron chi connectivity index (χ2n) is 7.39. The first-order chi connectivity index (χ1) is 13.4. The molecule has 0 aromatic heterocycles. The summed E-state index contributed by atoms with van der Waals surface area (Å²) in [7, 11) is -1.50. The van der Waals surface area contributed by atoms with Crippen LogP contribution >= 0.6 is 12.4 Å². The van der Waals surface area contributed by atoms with Crippen LogP contribution in [0.25, 0.3) is 10.8 Å². The lowest BCUT2D eigenvalue weighted by Gasteiger charge is -2.35. The molecular formula is C22H26ClN3O2S. The summed E-state index contributed by atoms with van der Waals surface area (Å²) in [4.78, 5) is 4.97. The van der Waals surface area contributed by atoms with Crippen LogP contribution < -0.4 is 9.62 Å². The van der Waals surface area contributed by atoms with Crippen molar-refractivity contribution in [2.24, 2.45) is 0 Å². The van der Waals surface area contributed by atoms with Crippen molar-refractivity contribution in [3.8, 4) is 0 Å². The third-order valence-corrected chi connectivity index (χ3v) is 6.70. The minimum absolute atomic E-state index is 0. The third-order valence-electron chi connectivity index (χ3n) is 5.32. The second kappa shape index (κ2) is 8.61. The number of likely N-dealkylation sites (N-methyl/N-ethyl adjacent to an activating group) is 1. The van der Waals surface area contributed by atoms with Crippen LogP contribution in [0.1, 0.15) is 5.56 Å². The van der Waals surface area contributed by atoms with E-state index >= 15 is 0 Å². The number of hydrogen-bond donors (Lipinski definition) is 1. The molecular weight excluding hydrogens is 406 g/mol. The van der Waals surface area contributed by atoms with Gasteiger partial charge in [-0.15, -0.1) is 12.4 Å². The molecule has 1 heterocycles. The molecule has 0 radical (unpaired) electrons. The Morgan fingerprint density at radius 2 is 1.45 bits per heavy atom. The Hall–Kier alpha value is -2.28. The van der Waals surface area contributed by atoms with E-state index in [2.05, 4.69) is 27.6 Å². The van der Waals surface area contributed by atoms with E-state index in [1.54, 1.807) is 12.1 Å². The highest BCUT2D eigenvalue weighted by Crippen LogP contribution is 2.34. The Morgan fingerprint density at radius 1 is 0.828 bits per heavy atom. The number of fused-ring (bicyclic) bond motifs is 1. The lowest BCUT2D eigenvalue weighted by atomic mass is 10.1. The summed E-state index contributed by atoms with van der Waals surface area (Å²) < 4.78 is 28.5. The van der Waals surface area contributed by atoms with Crippen LogP contribution in [0.4, 0.5) is 11.4 Å². The molecule has 1 N–H and O–H groups in total. The van der Waals surface area contributed by atoms with Gasteiger partial charge in [-0.2, -0.15) is 0 Å². The molecule has 0 saturated carbocycles. The van der Waals surface area contributed by atoms with Crippen molar-refractivity contribution >= 4 is 44.6 Å². The van der Waals surface area contributed by atoms with Crippen molar-refractivity contribution in [3.63, 3.8) is 0 Å². The summed E-state index contributed by atoms with van der Waals surface area (Å²) in [5, 5.41) is 1.98. The van der Waals surface area contributed by atoms with Crippen LogP contribution in [-0.2, 0) is 10.0 Å². The van der Waals surface area contributed by atoms with Gasteiger partial charge in [0, 0.05) is 42.6 Å². The molecule has 0 aliphatic carbocycles. The van der Waals surface area contributed by atoms with Crippen LogP contribution in [0.3, 0.4) is 0 Å². The molecule has 3 aromatic rings. The van der Waals surface area contributed by atoms with Crippen molar-refractivity contribution in [1.29, 1.82) is 0 Å². The first kappa shape index (κ1) is 21.4. The second-order valence-corrected chi connectivity index (χ2v) is 9.07. The van der Waals surface area contributed by atoms with Gasteiger partial charge in [-0.1, -0.05) is 42.0 Å². The van der Waals surface area contributed by atoms with Crippen molar-refractivity contribution in [2.75, 3.05) is 42.8 Å². The number of halogens is 1. The monoisotopic (exact) mass is 431 g/mol. The van der Waals surface area contributed by atoms with Gasteiger partial charge in [-0.25, -0.2) is 8.42 Å². The van der Waals surface area contributed by atoms with E-state index in [1.807, 2.05) is 49.4 Å². The largest absolute Gasteiger partial charge is 0.368 e. The molecule has 3 aromatic carbocycles. The highest BCUT2D eigenvalue weighted by molar-refractivity contribution is 7.92. The Kier molecular flexibility index (Phi) is 6.36. The zero-order valence-electron chi connectivity index (χ0n) is 16.6. The predicted octanol–water partition coefficient (Wildman–Crippen LogP) is 4.12. The van der Waals surface area contributed by atoms with Gasteiger partial charge in [0.2, 0.25) is 0 Å². The molecule has 29 heavy (non-hydrogen) atoms. The van der Waals surface area contributed by atoms with E-state index in [0.29, 0.717) is 5.69 Å². The smallest absolute Gasteiger partial charge is 0.261 e. The Balaban J connectivity index is 0.00000240. The minimum atomic E-state index is -3.64. The summed E-state index contributed by atoms with van der Waals surface area (Å²) in [5.74, 6) is 0. The Labute approximate surface area is 178 Å². The van der Waals surface area contributed by atoms with E-state index < -0.39 is 10.0 Å². The lowest BCUT2D eigenvalue weighted by Crippen LogP contribution is -2.44. The van der Waals surface area contributed by atoms with E-state index in [0.717, 1.165) is 48.2 Å². The molecule has 5 nitrogen and oxygen atoms in total. The number of aryl methyl sites for hydroxylation is 1. The number of hydrogen-bond acceptors (Lipinski definition) is 4. The van der Waals surface area contributed by atoms with Gasteiger partial charge in [-0.05, 0) is 38.2 Å². The van der Waals surface area contributed by atoms with Gasteiger partial charge in [-0.3, -0.25) is 4.72 Å². The standard InChI is InChI=1S/C22H25N3O2S.ClH/c1-17-7-9-18(10-8-17)28(26,27)23-21-11-12-22(20-6-4-3-5-19(20)21)25-15-13-24(2)14-16-25;/h3-12,23H,13-16H2,1-2H3;1H. The quantitative estimate of drug-likeness (QED) is 0.675. The first-order valence-electron chi connectivity index (χ1n) is 9.49. The number of rotatable bonds is 4. The average Bonchev–Trinajstić information content (AvgIpc) is 2.69. The van der Waals surface area contributed by atoms with Gasteiger partial charge in [0.25, 0.3) is 10.0 Å². The van der Waals surface area contributed by atoms with Crippen LogP contribution in [0.15, 0.2) is 65.6 Å². The molecule has 4 rings (SSSR count).